The third kappa shape index (κ3) is 2.24. The quantitative estimate of drug-likeness (QED) is 0.865. The maximum absolute atomic E-state index is 11.7. The molecule has 1 heterocycles. The highest BCUT2D eigenvalue weighted by molar-refractivity contribution is 9.10. The van der Waals surface area contributed by atoms with Gasteiger partial charge in [0.05, 0.1) is 0 Å². The molecule has 1 saturated heterocycles. The summed E-state index contributed by atoms with van der Waals surface area (Å²) in [6, 6.07) is 7.32. The van der Waals surface area contributed by atoms with E-state index in [1.807, 2.05) is 31.2 Å². The van der Waals surface area contributed by atoms with Crippen molar-refractivity contribution >= 4 is 27.8 Å². The van der Waals surface area contributed by atoms with E-state index in [1.54, 1.807) is 0 Å². The van der Waals surface area contributed by atoms with Crippen LogP contribution in [0.1, 0.15) is 18.5 Å². The Kier molecular flexibility index (Phi) is 3.24. The lowest BCUT2D eigenvalue weighted by Gasteiger charge is -2.07. The number of nitrogens with one attached hydrogen (secondary N) is 2. The van der Waals surface area contributed by atoms with Gasteiger partial charge in [-0.05, 0) is 24.6 Å². The molecule has 0 spiro atoms. The molecule has 16 heavy (non-hydrogen) atoms. The van der Waals surface area contributed by atoms with Crippen LogP contribution in [0.3, 0.4) is 0 Å². The van der Waals surface area contributed by atoms with Gasteiger partial charge in [-0.25, -0.2) is 0 Å². The zero-order chi connectivity index (χ0) is 11.5. The van der Waals surface area contributed by atoms with Gasteiger partial charge in [0.25, 0.3) is 5.91 Å². The lowest BCUT2D eigenvalue weighted by atomic mass is 10.1. The minimum Gasteiger partial charge on any atom is -0.340 e. The van der Waals surface area contributed by atoms with Crippen LogP contribution in [-0.2, 0) is 4.79 Å². The zero-order valence-corrected chi connectivity index (χ0v) is 10.4. The molecule has 0 aromatic heterocycles. The molecule has 0 saturated carbocycles. The van der Waals surface area contributed by atoms with Crippen LogP contribution in [0.15, 0.2) is 33.7 Å². The Hall–Kier alpha value is -1.36. The average molecular weight is 282 g/mol. The third-order valence-corrected chi connectivity index (χ3v) is 2.83. The fraction of sp³-hybridized carbons (Fsp3) is 0.273. The second kappa shape index (κ2) is 4.65. The number of hydrogen-bond acceptors (Lipinski definition) is 2. The molecule has 1 fully saturated rings. The Labute approximate surface area is 102 Å². The van der Waals surface area contributed by atoms with Gasteiger partial charge in [-0.3, -0.25) is 15.1 Å². The minimum absolute atomic E-state index is 0.0606. The van der Waals surface area contributed by atoms with Crippen molar-refractivity contribution in [2.45, 2.75) is 13.0 Å². The summed E-state index contributed by atoms with van der Waals surface area (Å²) in [6.07, 6.45) is 0. The van der Waals surface area contributed by atoms with Crippen LogP contribution < -0.4 is 10.6 Å². The zero-order valence-electron chi connectivity index (χ0n) is 8.83. The SMILES string of the molecule is CCN=C1NC(=O)C(c2ccc(Br)cc2)N1. The number of halogens is 1. The van der Waals surface area contributed by atoms with Crippen LogP contribution in [0.4, 0.5) is 0 Å². The molecule has 1 aliphatic heterocycles. The second-order valence-electron chi connectivity index (χ2n) is 3.44. The largest absolute Gasteiger partial charge is 0.340 e. The van der Waals surface area contributed by atoms with Crippen LogP contribution in [0.25, 0.3) is 0 Å². The number of nitrogens with zero attached hydrogens (tertiary/aromatic N) is 1. The molecule has 1 aromatic rings. The van der Waals surface area contributed by atoms with E-state index >= 15 is 0 Å². The first-order valence-corrected chi connectivity index (χ1v) is 5.87. The maximum atomic E-state index is 11.7. The van der Waals surface area contributed by atoms with Crippen LogP contribution in [0.2, 0.25) is 0 Å². The summed E-state index contributed by atoms with van der Waals surface area (Å²) in [7, 11) is 0. The molecular formula is C11H12BrN3O. The van der Waals surface area contributed by atoms with Crippen LogP contribution in [0, 0.1) is 0 Å². The Balaban J connectivity index is 2.20. The summed E-state index contributed by atoms with van der Waals surface area (Å²) in [4.78, 5) is 15.8. The highest BCUT2D eigenvalue weighted by Gasteiger charge is 2.29. The second-order valence-corrected chi connectivity index (χ2v) is 4.36. The number of rotatable bonds is 2. The molecule has 2 N–H and O–H groups in total. The van der Waals surface area contributed by atoms with Crippen molar-refractivity contribution in [3.63, 3.8) is 0 Å². The first-order valence-electron chi connectivity index (χ1n) is 5.08. The highest BCUT2D eigenvalue weighted by Crippen LogP contribution is 2.19. The van der Waals surface area contributed by atoms with Gasteiger partial charge in [-0.2, -0.15) is 0 Å². The van der Waals surface area contributed by atoms with Crippen molar-refractivity contribution in [3.05, 3.63) is 34.3 Å². The van der Waals surface area contributed by atoms with E-state index in [0.717, 1.165) is 10.0 Å². The predicted molar refractivity (Wildman–Crippen MR) is 66.1 cm³/mol. The molecule has 84 valence electrons. The molecule has 1 aliphatic rings. The van der Waals surface area contributed by atoms with Crippen molar-refractivity contribution in [1.29, 1.82) is 0 Å². The van der Waals surface area contributed by atoms with E-state index in [9.17, 15) is 4.79 Å². The molecule has 2 rings (SSSR count). The standard InChI is InChI=1S/C11H12BrN3O/c1-2-13-11-14-9(10(16)15-11)7-3-5-8(12)6-4-7/h3-6,9H,2H2,1H3,(H2,13,14,15,16). The fourth-order valence-corrected chi connectivity index (χ4v) is 1.82. The monoisotopic (exact) mass is 281 g/mol. The molecule has 1 aromatic carbocycles. The summed E-state index contributed by atoms with van der Waals surface area (Å²) in [5.41, 5.74) is 0.932. The summed E-state index contributed by atoms with van der Waals surface area (Å²) in [5.74, 6) is 0.495. The number of carbonyl (C=O) groups is 1. The molecule has 0 aliphatic carbocycles. The first-order chi connectivity index (χ1) is 7.70. The van der Waals surface area contributed by atoms with E-state index in [0.29, 0.717) is 12.5 Å². The predicted octanol–water partition coefficient (Wildman–Crippen LogP) is 1.59. The fourth-order valence-electron chi connectivity index (χ4n) is 1.56. The van der Waals surface area contributed by atoms with E-state index < -0.39 is 0 Å². The highest BCUT2D eigenvalue weighted by atomic mass is 79.9. The van der Waals surface area contributed by atoms with E-state index in [1.165, 1.54) is 0 Å². The minimum atomic E-state index is -0.335. The maximum Gasteiger partial charge on any atom is 0.253 e. The summed E-state index contributed by atoms with van der Waals surface area (Å²) < 4.78 is 0.997. The van der Waals surface area contributed by atoms with Gasteiger partial charge < -0.3 is 5.32 Å². The van der Waals surface area contributed by atoms with E-state index in [2.05, 4.69) is 31.6 Å². The summed E-state index contributed by atoms with van der Waals surface area (Å²) in [5, 5.41) is 5.76. The van der Waals surface area contributed by atoms with Crippen LogP contribution in [-0.4, -0.2) is 18.4 Å². The van der Waals surface area contributed by atoms with Crippen LogP contribution >= 0.6 is 15.9 Å². The number of carbonyl (C=O) groups excluding carboxylic acids is 1. The number of guanidine groups is 1. The van der Waals surface area contributed by atoms with Crippen LogP contribution in [0.5, 0.6) is 0 Å². The molecule has 0 bridgehead atoms. The summed E-state index contributed by atoms with van der Waals surface area (Å²) >= 11 is 3.36. The third-order valence-electron chi connectivity index (χ3n) is 2.30. The lowest BCUT2D eigenvalue weighted by Crippen LogP contribution is -2.25. The van der Waals surface area contributed by atoms with Gasteiger partial charge in [-0.1, -0.05) is 28.1 Å². The Morgan fingerprint density at radius 1 is 1.38 bits per heavy atom. The Morgan fingerprint density at radius 2 is 2.06 bits per heavy atom. The molecule has 1 unspecified atom stereocenters. The smallest absolute Gasteiger partial charge is 0.253 e. The molecule has 0 radical (unpaired) electrons. The average Bonchev–Trinajstić information content (AvgIpc) is 2.61. The number of aliphatic imine (C=N–C) groups is 1. The van der Waals surface area contributed by atoms with Crippen molar-refractivity contribution in [3.8, 4) is 0 Å². The topological polar surface area (TPSA) is 53.5 Å². The van der Waals surface area contributed by atoms with Gasteiger partial charge in [0.1, 0.15) is 6.04 Å². The Bertz CT molecular complexity index is 427. The van der Waals surface area contributed by atoms with E-state index in [4.69, 9.17) is 0 Å². The molecule has 4 nitrogen and oxygen atoms in total. The molecule has 1 atom stereocenters. The van der Waals surface area contributed by atoms with Gasteiger partial charge in [0.2, 0.25) is 0 Å². The molecule has 1 amide bonds. The van der Waals surface area contributed by atoms with Gasteiger partial charge in [0.15, 0.2) is 5.96 Å². The van der Waals surface area contributed by atoms with Crippen molar-refractivity contribution in [1.82, 2.24) is 10.6 Å². The van der Waals surface area contributed by atoms with E-state index in [-0.39, 0.29) is 11.9 Å². The lowest BCUT2D eigenvalue weighted by molar-refractivity contribution is -0.120. The van der Waals surface area contributed by atoms with Gasteiger partial charge >= 0.3 is 0 Å². The molecule has 5 heteroatoms. The number of amides is 1. The number of hydrogen-bond donors (Lipinski definition) is 2. The Morgan fingerprint density at radius 3 is 2.69 bits per heavy atom. The number of benzene rings is 1. The first kappa shape index (κ1) is 11.1. The normalized spacial score (nSPS) is 22.0. The van der Waals surface area contributed by atoms with Gasteiger partial charge in [0, 0.05) is 11.0 Å². The summed E-state index contributed by atoms with van der Waals surface area (Å²) in [6.45, 7) is 2.57. The van der Waals surface area contributed by atoms with Crippen molar-refractivity contribution in [2.75, 3.05) is 6.54 Å². The van der Waals surface area contributed by atoms with Crippen molar-refractivity contribution in [2.24, 2.45) is 4.99 Å². The van der Waals surface area contributed by atoms with Gasteiger partial charge in [-0.15, -0.1) is 0 Å². The molecular weight excluding hydrogens is 270 g/mol. The van der Waals surface area contributed by atoms with Crippen molar-refractivity contribution < 1.29 is 4.79 Å².